The van der Waals surface area contributed by atoms with Gasteiger partial charge in [-0.05, 0) is 25.7 Å². The molecule has 0 aliphatic carbocycles. The van der Waals surface area contributed by atoms with Gasteiger partial charge in [0.25, 0.3) is 0 Å². The summed E-state index contributed by atoms with van der Waals surface area (Å²) in [6.45, 7) is 10.7. The molecule has 0 aromatic heterocycles. The molecule has 0 aromatic rings. The lowest BCUT2D eigenvalue weighted by Crippen LogP contribution is -2.44. The van der Waals surface area contributed by atoms with Crippen molar-refractivity contribution in [2.45, 2.75) is 46.6 Å². The molecule has 0 fully saturated rings. The van der Waals surface area contributed by atoms with Crippen molar-refractivity contribution in [3.05, 3.63) is 0 Å². The van der Waals surface area contributed by atoms with Crippen LogP contribution in [0.15, 0.2) is 0 Å². The van der Waals surface area contributed by atoms with Crippen molar-refractivity contribution in [1.82, 2.24) is 4.72 Å². The zero-order valence-corrected chi connectivity index (χ0v) is 9.51. The van der Waals surface area contributed by atoms with Gasteiger partial charge in [0, 0.05) is 16.6 Å². The van der Waals surface area contributed by atoms with Crippen molar-refractivity contribution in [2.75, 3.05) is 0 Å². The van der Waals surface area contributed by atoms with Crippen molar-refractivity contribution in [3.8, 4) is 0 Å². The van der Waals surface area contributed by atoms with E-state index in [1.54, 1.807) is 0 Å². The summed E-state index contributed by atoms with van der Waals surface area (Å²) in [6, 6.07) is 0. The molecule has 0 aliphatic rings. The highest BCUT2D eigenvalue weighted by atomic mass is 32.2. The summed E-state index contributed by atoms with van der Waals surface area (Å²) in [4.78, 5) is 0. The average molecular weight is 191 g/mol. The van der Waals surface area contributed by atoms with E-state index < -0.39 is 11.1 Å². The van der Waals surface area contributed by atoms with Crippen LogP contribution in [0.2, 0.25) is 0 Å². The highest BCUT2D eigenvalue weighted by molar-refractivity contribution is 7.81. The van der Waals surface area contributed by atoms with Crippen LogP contribution in [0.25, 0.3) is 0 Å². The monoisotopic (exact) mass is 191 g/mol. The van der Waals surface area contributed by atoms with Crippen LogP contribution in [-0.4, -0.2) is 5.54 Å². The van der Waals surface area contributed by atoms with Crippen molar-refractivity contribution in [3.63, 3.8) is 0 Å². The van der Waals surface area contributed by atoms with Crippen molar-refractivity contribution in [2.24, 2.45) is 10.6 Å². The van der Waals surface area contributed by atoms with Gasteiger partial charge in [0.05, 0.1) is 0 Å². The molecule has 0 radical (unpaired) electrons. The third-order valence-corrected chi connectivity index (χ3v) is 2.13. The molecule has 1 unspecified atom stereocenters. The van der Waals surface area contributed by atoms with Crippen molar-refractivity contribution < 1.29 is 0 Å². The summed E-state index contributed by atoms with van der Waals surface area (Å²) < 4.78 is 10.3. The molecule has 4 heteroatoms. The summed E-state index contributed by atoms with van der Waals surface area (Å²) in [5.41, 5.74) is 0.230. The Balaban J connectivity index is 4.13. The Hall–Kier alpha value is 0.0700. The van der Waals surface area contributed by atoms with Crippen LogP contribution in [-0.2, 0) is 11.1 Å². The average Bonchev–Trinajstić information content (AvgIpc) is 1.48. The predicted molar refractivity (Wildman–Crippen MR) is 55.6 cm³/mol. The minimum Gasteiger partial charge on any atom is -0.256 e. The normalized spacial score (nSPS) is 16.2. The molecule has 0 spiro atoms. The molecule has 1 atom stereocenters. The largest absolute Gasteiger partial charge is 0.256 e. The van der Waals surface area contributed by atoms with E-state index >= 15 is 0 Å². The molecule has 12 heavy (non-hydrogen) atoms. The fraction of sp³-hybridized carbons (Fsp3) is 1.00. The Kier molecular flexibility index (Phi) is 3.87. The first-order valence-electron chi connectivity index (χ1n) is 4.10. The Morgan fingerprint density at radius 2 is 1.67 bits per heavy atom. The molecular formula is C8H21N3S. The first-order chi connectivity index (χ1) is 5.12. The van der Waals surface area contributed by atoms with Crippen LogP contribution in [0.3, 0.4) is 0 Å². The highest BCUT2D eigenvalue weighted by Crippen LogP contribution is 2.26. The van der Waals surface area contributed by atoms with E-state index in [1.165, 1.54) is 0 Å². The molecule has 0 saturated heterocycles. The first kappa shape index (κ1) is 12.1. The minimum absolute atomic E-state index is 0.0438. The molecule has 74 valence electrons. The van der Waals surface area contributed by atoms with E-state index in [1.807, 2.05) is 0 Å². The molecule has 0 saturated carbocycles. The summed E-state index contributed by atoms with van der Waals surface area (Å²) in [5, 5.41) is 5.38. The van der Waals surface area contributed by atoms with Gasteiger partial charge < -0.3 is 0 Å². The van der Waals surface area contributed by atoms with Crippen LogP contribution in [0.5, 0.6) is 0 Å². The zero-order valence-electron chi connectivity index (χ0n) is 8.69. The third-order valence-electron chi connectivity index (χ3n) is 1.36. The Bertz CT molecular complexity index is 170. The molecule has 4 N–H and O–H groups in total. The van der Waals surface area contributed by atoms with Crippen LogP contribution in [0, 0.1) is 10.2 Å². The molecule has 0 rings (SSSR count). The van der Waals surface area contributed by atoms with Gasteiger partial charge in [0.1, 0.15) is 0 Å². The smallest absolute Gasteiger partial charge is 0.0345 e. The predicted octanol–water partition coefficient (Wildman–Crippen LogP) is 1.96. The molecular weight excluding hydrogens is 170 g/mol. The summed E-state index contributed by atoms with van der Waals surface area (Å²) >= 11 is -0.920. The quantitative estimate of drug-likeness (QED) is 0.638. The Morgan fingerprint density at radius 1 is 1.25 bits per heavy atom. The molecule has 3 nitrogen and oxygen atoms in total. The van der Waals surface area contributed by atoms with E-state index in [9.17, 15) is 0 Å². The number of hydrogen-bond acceptors (Lipinski definition) is 1. The van der Waals surface area contributed by atoms with E-state index in [-0.39, 0.29) is 11.0 Å². The number of nitrogens with two attached hydrogens (primary N) is 1. The van der Waals surface area contributed by atoms with E-state index in [4.69, 9.17) is 9.92 Å². The van der Waals surface area contributed by atoms with Crippen LogP contribution in [0.4, 0.5) is 0 Å². The van der Waals surface area contributed by atoms with Gasteiger partial charge in [-0.1, -0.05) is 20.8 Å². The third kappa shape index (κ3) is 6.76. The Morgan fingerprint density at radius 3 is 1.92 bits per heavy atom. The first-order valence-corrected chi connectivity index (χ1v) is 5.39. The zero-order chi connectivity index (χ0) is 9.99. The molecule has 0 amide bonds. The summed E-state index contributed by atoms with van der Waals surface area (Å²) in [5.74, 6) is 0. The maximum Gasteiger partial charge on any atom is 0.0345 e. The lowest BCUT2D eigenvalue weighted by atomic mass is 9.82. The summed E-state index contributed by atoms with van der Waals surface area (Å²) in [7, 11) is 0. The summed E-state index contributed by atoms with van der Waals surface area (Å²) in [6.07, 6.45) is 1.01. The van der Waals surface area contributed by atoms with Crippen LogP contribution < -0.4 is 9.86 Å². The topological polar surface area (TPSA) is 61.9 Å². The fourth-order valence-corrected chi connectivity index (χ4v) is 2.33. The lowest BCUT2D eigenvalue weighted by molar-refractivity contribution is 0.273. The second-order valence-electron chi connectivity index (χ2n) is 5.06. The highest BCUT2D eigenvalue weighted by Gasteiger charge is 2.25. The van der Waals surface area contributed by atoms with E-state index in [0.717, 1.165) is 6.42 Å². The fourth-order valence-electron chi connectivity index (χ4n) is 1.66. The number of nitrogens with one attached hydrogen (secondary N) is 2. The molecule has 0 aromatic carbocycles. The lowest BCUT2D eigenvalue weighted by Gasteiger charge is -2.32. The standard InChI is InChI=1S/C8H21N3S/c1-7(2,3)6-8(4,5)11-12(9)10/h6H2,1-5H3,(H4,9,10,11). The minimum atomic E-state index is -0.920. The molecule has 0 heterocycles. The number of rotatable bonds is 3. The van der Waals surface area contributed by atoms with Gasteiger partial charge in [-0.15, -0.1) is 0 Å². The van der Waals surface area contributed by atoms with Crippen molar-refractivity contribution in [1.29, 1.82) is 4.78 Å². The van der Waals surface area contributed by atoms with Gasteiger partial charge >= 0.3 is 0 Å². The van der Waals surface area contributed by atoms with Gasteiger partial charge in [0.2, 0.25) is 0 Å². The van der Waals surface area contributed by atoms with Gasteiger partial charge in [0.15, 0.2) is 0 Å². The van der Waals surface area contributed by atoms with E-state index in [0.29, 0.717) is 0 Å². The van der Waals surface area contributed by atoms with Crippen LogP contribution in [0.1, 0.15) is 41.0 Å². The van der Waals surface area contributed by atoms with Gasteiger partial charge in [-0.2, -0.15) is 0 Å². The van der Waals surface area contributed by atoms with Gasteiger partial charge in [-0.3, -0.25) is 9.92 Å². The van der Waals surface area contributed by atoms with Crippen LogP contribution >= 0.6 is 0 Å². The SMILES string of the molecule is CC(C)(C)CC(C)(C)NS(=N)N. The Labute approximate surface area is 78.3 Å². The maximum absolute atomic E-state index is 7.24. The molecule has 0 bridgehead atoms. The van der Waals surface area contributed by atoms with Crippen molar-refractivity contribution >= 4 is 11.1 Å². The second-order valence-corrected chi connectivity index (χ2v) is 5.94. The number of hydrogen-bond donors (Lipinski definition) is 3. The molecule has 0 aliphatic heterocycles. The van der Waals surface area contributed by atoms with E-state index in [2.05, 4.69) is 39.3 Å². The maximum atomic E-state index is 7.24. The van der Waals surface area contributed by atoms with Gasteiger partial charge in [-0.25, -0.2) is 4.72 Å². The second kappa shape index (κ2) is 3.85.